The Hall–Kier alpha value is 0.0900. The molecule has 174 valence electrons. The van der Waals surface area contributed by atoms with Gasteiger partial charge in [0.15, 0.2) is 0 Å². The van der Waals surface area contributed by atoms with Crippen LogP contribution in [0.4, 0.5) is 0 Å². The predicted molar refractivity (Wildman–Crippen MR) is 127 cm³/mol. The summed E-state index contributed by atoms with van der Waals surface area (Å²) < 4.78 is 10.8. The molecule has 29 heavy (non-hydrogen) atoms. The summed E-state index contributed by atoms with van der Waals surface area (Å²) in [6.45, 7) is 6.12. The van der Waals surface area contributed by atoms with E-state index in [2.05, 4.69) is 23.8 Å². The molecule has 1 amide bonds. The molecule has 0 bridgehead atoms. The Morgan fingerprint density at radius 1 is 1.00 bits per heavy atom. The zero-order valence-corrected chi connectivity index (χ0v) is 20.5. The Balaban J connectivity index is 1.87. The van der Waals surface area contributed by atoms with Gasteiger partial charge in [0.2, 0.25) is 5.91 Å². The van der Waals surface area contributed by atoms with E-state index in [0.717, 1.165) is 31.8 Å². The number of hydrogen-bond donors (Lipinski definition) is 3. The van der Waals surface area contributed by atoms with Crippen molar-refractivity contribution in [1.29, 1.82) is 0 Å². The highest BCUT2D eigenvalue weighted by Gasteiger charge is 2.21. The second kappa shape index (κ2) is 17.7. The molecule has 1 aliphatic rings. The maximum Gasteiger partial charge on any atom is 0.329 e. The van der Waals surface area contributed by atoms with Crippen LogP contribution in [-0.4, -0.2) is 67.2 Å². The van der Waals surface area contributed by atoms with Gasteiger partial charge in [0, 0.05) is 31.8 Å². The Kier molecular flexibility index (Phi) is 16.6. The van der Waals surface area contributed by atoms with Crippen molar-refractivity contribution in [3.63, 3.8) is 0 Å². The van der Waals surface area contributed by atoms with Gasteiger partial charge in [-0.05, 0) is 30.6 Å². The molecular formula is C21H45N2O4PS. The lowest BCUT2D eigenvalue weighted by Gasteiger charge is -2.39. The van der Waals surface area contributed by atoms with Crippen molar-refractivity contribution in [2.75, 3.05) is 56.4 Å². The average molecular weight is 453 g/mol. The van der Waals surface area contributed by atoms with E-state index in [9.17, 15) is 9.69 Å². The van der Waals surface area contributed by atoms with Gasteiger partial charge >= 0.3 is 8.60 Å². The van der Waals surface area contributed by atoms with Gasteiger partial charge in [0.05, 0.1) is 13.2 Å². The Labute approximate surface area is 181 Å². The molecule has 3 N–H and O–H groups in total. The third-order valence-electron chi connectivity index (χ3n) is 5.42. The van der Waals surface area contributed by atoms with Crippen LogP contribution in [0.3, 0.4) is 0 Å². The lowest BCUT2D eigenvalue weighted by Crippen LogP contribution is -2.35. The van der Waals surface area contributed by atoms with Gasteiger partial charge in [-0.3, -0.25) is 4.79 Å². The van der Waals surface area contributed by atoms with E-state index in [-0.39, 0.29) is 5.91 Å². The summed E-state index contributed by atoms with van der Waals surface area (Å²) in [5.74, 6) is 3.56. The second-order valence-electron chi connectivity index (χ2n) is 8.17. The first-order chi connectivity index (χ1) is 14.1. The number of nitrogens with one attached hydrogen (secondary N) is 2. The maximum atomic E-state index is 11.8. The van der Waals surface area contributed by atoms with Crippen molar-refractivity contribution in [2.24, 2.45) is 0 Å². The SMILES string of the molecule is CCCCCCCCCCNC(=O)CCCOP(O)OCCS1(C)CCNCC1. The highest BCUT2D eigenvalue weighted by molar-refractivity contribution is 8.33. The molecule has 6 nitrogen and oxygen atoms in total. The van der Waals surface area contributed by atoms with E-state index in [1.807, 2.05) is 0 Å². The van der Waals surface area contributed by atoms with E-state index in [0.29, 0.717) is 26.1 Å². The molecule has 0 aromatic carbocycles. The number of amides is 1. The zero-order valence-electron chi connectivity index (χ0n) is 18.8. The van der Waals surface area contributed by atoms with Crippen molar-refractivity contribution in [3.8, 4) is 0 Å². The topological polar surface area (TPSA) is 79.8 Å². The minimum Gasteiger partial charge on any atom is -0.356 e. The Bertz CT molecular complexity index is 412. The molecule has 0 aliphatic carbocycles. The molecule has 1 fully saturated rings. The van der Waals surface area contributed by atoms with Crippen LogP contribution in [0, 0.1) is 0 Å². The summed E-state index contributed by atoms with van der Waals surface area (Å²) >= 11 is 0. The fourth-order valence-electron chi connectivity index (χ4n) is 3.37. The summed E-state index contributed by atoms with van der Waals surface area (Å²) in [6, 6.07) is 0. The van der Waals surface area contributed by atoms with Crippen molar-refractivity contribution in [3.05, 3.63) is 0 Å². The number of rotatable bonds is 18. The Morgan fingerprint density at radius 2 is 1.62 bits per heavy atom. The van der Waals surface area contributed by atoms with E-state index < -0.39 is 18.6 Å². The highest BCUT2D eigenvalue weighted by atomic mass is 32.3. The van der Waals surface area contributed by atoms with Crippen molar-refractivity contribution < 1.29 is 18.7 Å². The van der Waals surface area contributed by atoms with Crippen LogP contribution in [0.1, 0.15) is 71.1 Å². The monoisotopic (exact) mass is 452 g/mol. The third-order valence-corrected chi connectivity index (χ3v) is 9.76. The quantitative estimate of drug-likeness (QED) is 0.213. The van der Waals surface area contributed by atoms with E-state index >= 15 is 0 Å². The summed E-state index contributed by atoms with van der Waals surface area (Å²) in [7, 11) is -2.41. The van der Waals surface area contributed by atoms with Gasteiger partial charge in [-0.15, -0.1) is 0 Å². The van der Waals surface area contributed by atoms with Gasteiger partial charge < -0.3 is 24.6 Å². The third kappa shape index (κ3) is 15.5. The van der Waals surface area contributed by atoms with Crippen molar-refractivity contribution in [2.45, 2.75) is 71.1 Å². The van der Waals surface area contributed by atoms with Crippen molar-refractivity contribution >= 4 is 24.5 Å². The van der Waals surface area contributed by atoms with Gasteiger partial charge in [-0.25, -0.2) is 10.0 Å². The Morgan fingerprint density at radius 3 is 2.31 bits per heavy atom. The fraction of sp³-hybridized carbons (Fsp3) is 0.952. The molecule has 1 atom stereocenters. The summed E-state index contributed by atoms with van der Waals surface area (Å²) in [5.41, 5.74) is 0. The van der Waals surface area contributed by atoms with Crippen LogP contribution in [0.2, 0.25) is 0 Å². The molecule has 1 unspecified atom stereocenters. The van der Waals surface area contributed by atoms with Gasteiger partial charge in [-0.2, -0.15) is 0 Å². The van der Waals surface area contributed by atoms with E-state index in [1.165, 1.54) is 56.5 Å². The number of carbonyl (C=O) groups is 1. The summed E-state index contributed by atoms with van der Waals surface area (Å²) in [4.78, 5) is 21.7. The summed E-state index contributed by atoms with van der Waals surface area (Å²) in [5, 5.41) is 6.36. The second-order valence-corrected chi connectivity index (χ2v) is 13.3. The van der Waals surface area contributed by atoms with Crippen molar-refractivity contribution in [1.82, 2.24) is 10.6 Å². The first-order valence-corrected chi connectivity index (χ1v) is 15.2. The first kappa shape index (κ1) is 27.1. The van der Waals surface area contributed by atoms with Crippen LogP contribution in [-0.2, 0) is 13.8 Å². The summed E-state index contributed by atoms with van der Waals surface area (Å²) in [6.07, 6.45) is 13.6. The molecule has 0 radical (unpaired) electrons. The molecule has 0 aromatic heterocycles. The van der Waals surface area contributed by atoms with Crippen LogP contribution >= 0.6 is 18.6 Å². The predicted octanol–water partition coefficient (Wildman–Crippen LogP) is 4.31. The number of carbonyl (C=O) groups excluding carboxylic acids is 1. The molecular weight excluding hydrogens is 407 g/mol. The normalized spacial score (nSPS) is 18.3. The maximum absolute atomic E-state index is 11.8. The van der Waals surface area contributed by atoms with E-state index in [4.69, 9.17) is 9.05 Å². The van der Waals surface area contributed by atoms with E-state index in [1.54, 1.807) is 0 Å². The molecule has 0 spiro atoms. The highest BCUT2D eigenvalue weighted by Crippen LogP contribution is 2.45. The molecule has 1 rings (SSSR count). The standard InChI is InChI=1S/C21H45N2O4PS/c1-3-4-5-6-7-8-9-10-13-23-21(24)12-11-16-26-28(25)27-17-20-29(2)18-14-22-15-19-29/h22,25H,3-20H2,1-2H3,(H,23,24). The molecule has 1 saturated heterocycles. The molecule has 1 heterocycles. The minimum absolute atomic E-state index is 0.0714. The lowest BCUT2D eigenvalue weighted by molar-refractivity contribution is -0.121. The van der Waals surface area contributed by atoms with Gasteiger partial charge in [0.25, 0.3) is 0 Å². The van der Waals surface area contributed by atoms with Gasteiger partial charge in [0.1, 0.15) is 0 Å². The minimum atomic E-state index is -1.82. The van der Waals surface area contributed by atoms with Gasteiger partial charge in [-0.1, -0.05) is 51.9 Å². The fourth-order valence-corrected chi connectivity index (χ4v) is 6.48. The number of unbranched alkanes of at least 4 members (excludes halogenated alkanes) is 7. The smallest absolute Gasteiger partial charge is 0.329 e. The molecule has 1 aliphatic heterocycles. The largest absolute Gasteiger partial charge is 0.356 e. The van der Waals surface area contributed by atoms with Crippen LogP contribution in [0.5, 0.6) is 0 Å². The van der Waals surface area contributed by atoms with Crippen LogP contribution in [0.15, 0.2) is 0 Å². The van der Waals surface area contributed by atoms with Crippen LogP contribution in [0.25, 0.3) is 0 Å². The zero-order chi connectivity index (χ0) is 21.2. The number of hydrogen-bond acceptors (Lipinski definition) is 5. The molecule has 8 heteroatoms. The van der Waals surface area contributed by atoms with Crippen LogP contribution < -0.4 is 10.6 Å². The first-order valence-electron chi connectivity index (χ1n) is 11.5. The lowest BCUT2D eigenvalue weighted by atomic mass is 10.1. The molecule has 0 aromatic rings. The molecule has 0 saturated carbocycles. The average Bonchev–Trinajstić information content (AvgIpc) is 2.70.